The fourth-order valence-electron chi connectivity index (χ4n) is 2.67. The zero-order valence-corrected chi connectivity index (χ0v) is 16.8. The Morgan fingerprint density at radius 1 is 1.16 bits per heavy atom. The number of amides is 1. The van der Waals surface area contributed by atoms with Gasteiger partial charge < -0.3 is 26.2 Å². The second-order valence-corrected chi connectivity index (χ2v) is 6.84. The molecule has 5 N–H and O–H groups in total. The third kappa shape index (κ3) is 6.32. The normalized spacial score (nSPS) is 12.2. The van der Waals surface area contributed by atoms with Crippen LogP contribution in [0.2, 0.25) is 0 Å². The summed E-state index contributed by atoms with van der Waals surface area (Å²) >= 11 is 0. The van der Waals surface area contributed by atoms with Crippen LogP contribution < -0.4 is 21.1 Å². The Hall–Kier alpha value is -3.86. The van der Waals surface area contributed by atoms with Crippen LogP contribution in [0.4, 0.5) is 30.6 Å². The molecule has 32 heavy (non-hydrogen) atoms. The van der Waals surface area contributed by atoms with E-state index in [0.29, 0.717) is 16.8 Å². The number of aliphatic hydroxyl groups excluding tert-OH is 1. The van der Waals surface area contributed by atoms with Crippen LogP contribution in [-0.2, 0) is 0 Å². The quantitative estimate of drug-likeness (QED) is 0.408. The van der Waals surface area contributed by atoms with Crippen molar-refractivity contribution in [2.24, 2.45) is 0 Å². The number of anilines is 3. The van der Waals surface area contributed by atoms with Gasteiger partial charge in [0.25, 0.3) is 5.91 Å². The average Bonchev–Trinajstić information content (AvgIpc) is 2.73. The first-order valence-electron chi connectivity index (χ1n) is 9.42. The lowest BCUT2D eigenvalue weighted by molar-refractivity contribution is -0.274. The molecule has 2 aromatic carbocycles. The maximum atomic E-state index is 12.6. The lowest BCUT2D eigenvalue weighted by Gasteiger charge is -2.14. The van der Waals surface area contributed by atoms with Crippen LogP contribution >= 0.6 is 0 Å². The van der Waals surface area contributed by atoms with E-state index in [1.807, 2.05) is 0 Å². The zero-order valence-electron chi connectivity index (χ0n) is 16.8. The summed E-state index contributed by atoms with van der Waals surface area (Å²) in [4.78, 5) is 21.0. The van der Waals surface area contributed by atoms with E-state index >= 15 is 0 Å². The predicted octanol–water partition coefficient (Wildman–Crippen LogP) is 3.67. The molecule has 11 heteroatoms. The van der Waals surface area contributed by atoms with Gasteiger partial charge in [-0.15, -0.1) is 13.2 Å². The first-order valence-corrected chi connectivity index (χ1v) is 9.42. The van der Waals surface area contributed by atoms with Gasteiger partial charge in [0.2, 0.25) is 5.95 Å². The lowest BCUT2D eigenvalue weighted by atomic mass is 10.1. The number of ether oxygens (including phenoxy) is 1. The van der Waals surface area contributed by atoms with Crippen molar-refractivity contribution < 1.29 is 27.8 Å². The zero-order chi connectivity index (χ0) is 23.3. The van der Waals surface area contributed by atoms with E-state index in [1.54, 1.807) is 19.1 Å². The number of rotatable bonds is 7. The van der Waals surface area contributed by atoms with Crippen LogP contribution in [0, 0.1) is 0 Å². The van der Waals surface area contributed by atoms with E-state index in [2.05, 4.69) is 25.3 Å². The summed E-state index contributed by atoms with van der Waals surface area (Å²) in [5.74, 6) is -0.713. The largest absolute Gasteiger partial charge is 0.573 e. The predicted molar refractivity (Wildman–Crippen MR) is 113 cm³/mol. The van der Waals surface area contributed by atoms with Gasteiger partial charge in [-0.05, 0) is 43.3 Å². The first-order chi connectivity index (χ1) is 15.1. The molecule has 1 amide bonds. The van der Waals surface area contributed by atoms with E-state index < -0.39 is 24.1 Å². The molecule has 168 valence electrons. The first kappa shape index (κ1) is 22.8. The smallest absolute Gasteiger partial charge is 0.406 e. The highest BCUT2D eigenvalue weighted by molar-refractivity contribution is 6.04. The Balaban J connectivity index is 1.95. The van der Waals surface area contributed by atoms with Crippen molar-refractivity contribution in [1.29, 1.82) is 0 Å². The topological polar surface area (TPSA) is 122 Å². The number of hydrogen-bond donors (Lipinski definition) is 4. The van der Waals surface area contributed by atoms with Gasteiger partial charge in [-0.3, -0.25) is 4.79 Å². The SMILES string of the molecule is C[C@@H](CO)Nc1nc(NC(=O)c2ccc(N)cc2)cc(-c2cccc(OC(F)(F)F)c2)n1. The maximum absolute atomic E-state index is 12.6. The molecule has 0 spiro atoms. The fourth-order valence-corrected chi connectivity index (χ4v) is 2.67. The molecule has 3 aromatic rings. The number of nitrogens with one attached hydrogen (secondary N) is 2. The van der Waals surface area contributed by atoms with Crippen LogP contribution in [-0.4, -0.2) is 40.0 Å². The van der Waals surface area contributed by atoms with Crippen LogP contribution in [0.25, 0.3) is 11.3 Å². The Kier molecular flexibility index (Phi) is 6.79. The molecule has 1 aromatic heterocycles. The van der Waals surface area contributed by atoms with Gasteiger partial charge in [0, 0.05) is 28.9 Å². The Morgan fingerprint density at radius 3 is 2.53 bits per heavy atom. The van der Waals surface area contributed by atoms with E-state index in [4.69, 9.17) is 5.73 Å². The molecule has 3 rings (SSSR count). The van der Waals surface area contributed by atoms with Gasteiger partial charge in [0.05, 0.1) is 12.3 Å². The molecule has 0 fully saturated rings. The van der Waals surface area contributed by atoms with Crippen molar-refractivity contribution in [3.63, 3.8) is 0 Å². The van der Waals surface area contributed by atoms with Crippen LogP contribution in [0.15, 0.2) is 54.6 Å². The van der Waals surface area contributed by atoms with E-state index in [-0.39, 0.29) is 24.1 Å². The number of alkyl halides is 3. The number of benzene rings is 2. The Morgan fingerprint density at radius 2 is 1.88 bits per heavy atom. The molecule has 0 saturated heterocycles. The highest BCUT2D eigenvalue weighted by atomic mass is 19.4. The summed E-state index contributed by atoms with van der Waals surface area (Å²) in [7, 11) is 0. The number of aromatic nitrogens is 2. The molecule has 0 bridgehead atoms. The summed E-state index contributed by atoms with van der Waals surface area (Å²) in [5.41, 5.74) is 6.99. The Bertz CT molecular complexity index is 1090. The van der Waals surface area contributed by atoms with Crippen LogP contribution in [0.3, 0.4) is 0 Å². The molecule has 1 atom stereocenters. The van der Waals surface area contributed by atoms with Crippen molar-refractivity contribution in [2.45, 2.75) is 19.3 Å². The number of hydrogen-bond acceptors (Lipinski definition) is 7. The van der Waals surface area contributed by atoms with E-state index in [9.17, 15) is 23.1 Å². The highest BCUT2D eigenvalue weighted by Gasteiger charge is 2.31. The monoisotopic (exact) mass is 447 g/mol. The van der Waals surface area contributed by atoms with Gasteiger partial charge in [-0.1, -0.05) is 12.1 Å². The summed E-state index contributed by atoms with van der Waals surface area (Å²) in [6.45, 7) is 1.47. The number of carbonyl (C=O) groups is 1. The number of halogens is 3. The number of nitrogens with zero attached hydrogens (tertiary/aromatic N) is 2. The molecule has 0 saturated carbocycles. The number of aliphatic hydroxyl groups is 1. The van der Waals surface area contributed by atoms with Crippen molar-refractivity contribution in [3.8, 4) is 17.0 Å². The second-order valence-electron chi connectivity index (χ2n) is 6.84. The van der Waals surface area contributed by atoms with Crippen molar-refractivity contribution >= 4 is 23.4 Å². The number of nitrogen functional groups attached to an aromatic ring is 1. The molecular formula is C21H20F3N5O3. The maximum Gasteiger partial charge on any atom is 0.573 e. The summed E-state index contributed by atoms with van der Waals surface area (Å²) in [6, 6.07) is 12.5. The lowest BCUT2D eigenvalue weighted by Crippen LogP contribution is -2.22. The molecule has 0 unspecified atom stereocenters. The van der Waals surface area contributed by atoms with Crippen molar-refractivity contribution in [3.05, 3.63) is 60.2 Å². The number of carbonyl (C=O) groups excluding carboxylic acids is 1. The molecule has 0 aliphatic rings. The van der Waals surface area contributed by atoms with E-state index in [1.165, 1.54) is 36.4 Å². The third-order valence-corrected chi connectivity index (χ3v) is 4.15. The molecule has 0 aliphatic heterocycles. The molecule has 0 radical (unpaired) electrons. The molecule has 8 nitrogen and oxygen atoms in total. The third-order valence-electron chi connectivity index (χ3n) is 4.15. The van der Waals surface area contributed by atoms with Crippen molar-refractivity contribution in [1.82, 2.24) is 9.97 Å². The minimum Gasteiger partial charge on any atom is -0.406 e. The second kappa shape index (κ2) is 9.52. The average molecular weight is 447 g/mol. The van der Waals surface area contributed by atoms with E-state index in [0.717, 1.165) is 6.07 Å². The van der Waals surface area contributed by atoms with Gasteiger partial charge in [-0.25, -0.2) is 4.98 Å². The Labute approximate surface area is 181 Å². The van der Waals surface area contributed by atoms with Gasteiger partial charge in [0.15, 0.2) is 0 Å². The fraction of sp³-hybridized carbons (Fsp3) is 0.190. The van der Waals surface area contributed by atoms with Crippen molar-refractivity contribution in [2.75, 3.05) is 23.0 Å². The molecule has 1 heterocycles. The minimum absolute atomic E-state index is 0.0683. The van der Waals surface area contributed by atoms with Crippen LogP contribution in [0.1, 0.15) is 17.3 Å². The molecule has 0 aliphatic carbocycles. The van der Waals surface area contributed by atoms with Gasteiger partial charge >= 0.3 is 6.36 Å². The standard InChI is InChI=1S/C21H20F3N5O3/c1-12(11-30)26-20-27-17(14-3-2-4-16(9-14)32-21(22,23)24)10-18(29-20)28-19(31)13-5-7-15(25)8-6-13/h2-10,12,30H,11,25H2,1H3,(H2,26,27,28,29,31)/t12-/m0/s1. The van der Waals surface area contributed by atoms with Gasteiger partial charge in [-0.2, -0.15) is 4.98 Å². The number of nitrogens with two attached hydrogens (primary N) is 1. The summed E-state index contributed by atoms with van der Waals surface area (Å²) in [6.07, 6.45) is -4.84. The van der Waals surface area contributed by atoms with Crippen LogP contribution in [0.5, 0.6) is 5.75 Å². The summed E-state index contributed by atoms with van der Waals surface area (Å²) in [5, 5.41) is 14.8. The summed E-state index contributed by atoms with van der Waals surface area (Å²) < 4.78 is 41.7. The molecular weight excluding hydrogens is 427 g/mol. The minimum atomic E-state index is -4.84. The van der Waals surface area contributed by atoms with Gasteiger partial charge in [0.1, 0.15) is 11.6 Å². The highest BCUT2D eigenvalue weighted by Crippen LogP contribution is 2.29.